The van der Waals surface area contributed by atoms with Gasteiger partial charge >= 0.3 is 5.97 Å². The average Bonchev–Trinajstić information content (AvgIpc) is 3.71. The summed E-state index contributed by atoms with van der Waals surface area (Å²) in [5.41, 5.74) is 6.12. The number of carbonyl (C=O) groups excluding carboxylic acids is 5. The fourth-order valence-electron chi connectivity index (χ4n) is 5.64. The molecule has 0 bridgehead atoms. The molecule has 1 fully saturated rings. The zero-order chi connectivity index (χ0) is 31.3. The first-order valence-electron chi connectivity index (χ1n) is 14.2. The Hall–Kier alpha value is -5.10. The highest BCUT2D eigenvalue weighted by Gasteiger charge is 2.72. The summed E-state index contributed by atoms with van der Waals surface area (Å²) in [6.07, 6.45) is 4.98. The van der Waals surface area contributed by atoms with Crippen molar-refractivity contribution in [2.24, 2.45) is 0 Å². The van der Waals surface area contributed by atoms with E-state index in [2.05, 4.69) is 15.6 Å². The van der Waals surface area contributed by atoms with E-state index in [9.17, 15) is 24.0 Å². The van der Waals surface area contributed by atoms with Crippen molar-refractivity contribution in [1.29, 1.82) is 0 Å². The second-order valence-corrected chi connectivity index (χ2v) is 10.8. The first-order valence-corrected chi connectivity index (χ1v) is 14.2. The van der Waals surface area contributed by atoms with Crippen LogP contribution in [-0.2, 0) is 36.8 Å². The second-order valence-electron chi connectivity index (χ2n) is 10.8. The lowest BCUT2D eigenvalue weighted by molar-refractivity contribution is -0.144. The van der Waals surface area contributed by atoms with Crippen molar-refractivity contribution < 1.29 is 33.4 Å². The summed E-state index contributed by atoms with van der Waals surface area (Å²) in [6.45, 7) is 0.298. The number of anilines is 3. The topological polar surface area (TPSA) is 180 Å². The first-order chi connectivity index (χ1) is 21.3. The number of fused-ring (bicyclic) bond motifs is 1. The van der Waals surface area contributed by atoms with E-state index in [0.29, 0.717) is 59.7 Å². The number of benzene rings is 2. The SMILES string of the molecule is COC(=O)[C@]1(Cc2ccc(N3C(=O)CNC(=O)c4cc(CCCCOc5cccnc5N)ccc43)cc2)NC1(C=O)CC=O. The molecule has 3 aromatic rings. The lowest BCUT2D eigenvalue weighted by Crippen LogP contribution is -2.39. The number of amides is 2. The maximum absolute atomic E-state index is 13.2. The number of unbranched alkanes of at least 4 members (excludes halogenated alkanes) is 1. The molecule has 2 atom stereocenters. The van der Waals surface area contributed by atoms with Gasteiger partial charge in [0.15, 0.2) is 11.6 Å². The molecule has 1 unspecified atom stereocenters. The third-order valence-electron chi connectivity index (χ3n) is 8.05. The zero-order valence-electron chi connectivity index (χ0n) is 24.2. The summed E-state index contributed by atoms with van der Waals surface area (Å²) in [6, 6.07) is 15.9. The number of nitrogens with zero attached hydrogens (tertiary/aromatic N) is 2. The summed E-state index contributed by atoms with van der Waals surface area (Å²) in [5.74, 6) is -0.405. The van der Waals surface area contributed by atoms with Gasteiger partial charge in [-0.2, -0.15) is 0 Å². The quantitative estimate of drug-likeness (QED) is 0.114. The van der Waals surface area contributed by atoms with Gasteiger partial charge in [0.25, 0.3) is 11.8 Å². The Kier molecular flexibility index (Phi) is 8.72. The van der Waals surface area contributed by atoms with Gasteiger partial charge in [-0.1, -0.05) is 18.2 Å². The first kappa shape index (κ1) is 30.4. The number of aromatic nitrogens is 1. The molecule has 0 saturated carbocycles. The average molecular weight is 600 g/mol. The van der Waals surface area contributed by atoms with Crippen LogP contribution < -0.4 is 26.0 Å². The standard InChI is InChI=1S/C32H33N5O7/c1-43-30(42)32(31(20-39,36-32)13-15-38)18-22-7-10-23(11-8-22)37-25-12-9-21(17-24(25)29(41)35-19-27(37)40)5-2-3-16-44-26-6-4-14-34-28(26)33/h4,6-12,14-15,17,20,36H,2-3,5,13,16,18-19H2,1H3,(H2,33,34)(H,35,41)/t31?,32-/m0/s1. The summed E-state index contributed by atoms with van der Waals surface area (Å²) >= 11 is 0. The zero-order valence-corrected chi connectivity index (χ0v) is 24.2. The predicted octanol–water partition coefficient (Wildman–Crippen LogP) is 2.06. The van der Waals surface area contributed by atoms with Crippen molar-refractivity contribution in [3.63, 3.8) is 0 Å². The minimum atomic E-state index is -1.36. The number of rotatable bonds is 13. The van der Waals surface area contributed by atoms with Gasteiger partial charge in [0.2, 0.25) is 0 Å². The number of methoxy groups -OCH3 is 1. The van der Waals surface area contributed by atoms with Gasteiger partial charge in [-0.3, -0.25) is 19.8 Å². The molecule has 0 radical (unpaired) electrons. The maximum Gasteiger partial charge on any atom is 0.328 e. The molecule has 5 rings (SSSR count). The number of ether oxygens (including phenoxy) is 2. The molecule has 12 nitrogen and oxygen atoms in total. The Bertz CT molecular complexity index is 1590. The number of nitrogens with one attached hydrogen (secondary N) is 2. The van der Waals surface area contributed by atoms with Gasteiger partial charge in [0, 0.05) is 24.7 Å². The van der Waals surface area contributed by atoms with Gasteiger partial charge in [-0.05, 0) is 66.8 Å². The van der Waals surface area contributed by atoms with Crippen LogP contribution in [0.25, 0.3) is 0 Å². The number of hydrogen-bond acceptors (Lipinski definition) is 10. The Labute approximate surface area is 253 Å². The summed E-state index contributed by atoms with van der Waals surface area (Å²) in [7, 11) is 1.22. The van der Waals surface area contributed by atoms with E-state index in [0.717, 1.165) is 18.4 Å². The van der Waals surface area contributed by atoms with Crippen LogP contribution in [0.2, 0.25) is 0 Å². The minimum absolute atomic E-state index is 0.0983. The minimum Gasteiger partial charge on any atom is -0.490 e. The Morgan fingerprint density at radius 1 is 1.09 bits per heavy atom. The Morgan fingerprint density at radius 3 is 2.57 bits per heavy atom. The third kappa shape index (κ3) is 5.76. The van der Waals surface area contributed by atoms with Crippen molar-refractivity contribution in [2.45, 2.75) is 43.2 Å². The molecule has 228 valence electrons. The smallest absolute Gasteiger partial charge is 0.328 e. The molecule has 2 aromatic carbocycles. The highest BCUT2D eigenvalue weighted by molar-refractivity contribution is 6.13. The van der Waals surface area contributed by atoms with Crippen LogP contribution in [0.15, 0.2) is 60.8 Å². The molecule has 12 heteroatoms. The maximum atomic E-state index is 13.2. The van der Waals surface area contributed by atoms with E-state index in [-0.39, 0.29) is 31.2 Å². The Morgan fingerprint density at radius 2 is 1.86 bits per heavy atom. The highest BCUT2D eigenvalue weighted by Crippen LogP contribution is 2.43. The summed E-state index contributed by atoms with van der Waals surface area (Å²) < 4.78 is 10.6. The molecular weight excluding hydrogens is 566 g/mol. The van der Waals surface area contributed by atoms with Crippen molar-refractivity contribution in [3.05, 3.63) is 77.5 Å². The van der Waals surface area contributed by atoms with Gasteiger partial charge in [0.05, 0.1) is 31.5 Å². The second kappa shape index (κ2) is 12.6. The van der Waals surface area contributed by atoms with Crippen LogP contribution >= 0.6 is 0 Å². The number of nitrogens with two attached hydrogens (primary N) is 1. The molecule has 2 amide bonds. The number of esters is 1. The molecule has 44 heavy (non-hydrogen) atoms. The van der Waals surface area contributed by atoms with Gasteiger partial charge in [-0.15, -0.1) is 0 Å². The molecule has 2 aliphatic rings. The van der Waals surface area contributed by atoms with Crippen molar-refractivity contribution in [3.8, 4) is 5.75 Å². The summed E-state index contributed by atoms with van der Waals surface area (Å²) in [5, 5.41) is 5.58. The van der Waals surface area contributed by atoms with Crippen LogP contribution in [0.3, 0.4) is 0 Å². The van der Waals surface area contributed by atoms with Gasteiger partial charge in [0.1, 0.15) is 23.7 Å². The Balaban J connectivity index is 1.30. The fraction of sp³-hybridized carbons (Fsp3) is 0.312. The number of nitrogen functional groups attached to an aromatic ring is 1. The van der Waals surface area contributed by atoms with Crippen molar-refractivity contribution >= 4 is 47.5 Å². The third-order valence-corrected chi connectivity index (χ3v) is 8.05. The fourth-order valence-corrected chi connectivity index (χ4v) is 5.64. The summed E-state index contributed by atoms with van der Waals surface area (Å²) in [4.78, 5) is 67.3. The molecule has 1 saturated heterocycles. The van der Waals surface area contributed by atoms with Crippen LogP contribution in [0.5, 0.6) is 5.75 Å². The van der Waals surface area contributed by atoms with E-state index < -0.39 is 17.0 Å². The van der Waals surface area contributed by atoms with E-state index in [1.165, 1.54) is 12.0 Å². The number of aldehydes is 2. The number of carbonyl (C=O) groups is 5. The predicted molar refractivity (Wildman–Crippen MR) is 161 cm³/mol. The largest absolute Gasteiger partial charge is 0.490 e. The molecular formula is C32H33N5O7. The lowest BCUT2D eigenvalue weighted by atomic mass is 9.86. The highest BCUT2D eigenvalue weighted by atomic mass is 16.5. The van der Waals surface area contributed by atoms with E-state index in [1.54, 1.807) is 54.7 Å². The molecule has 1 aromatic heterocycles. The van der Waals surface area contributed by atoms with Crippen LogP contribution in [0.4, 0.5) is 17.2 Å². The molecule has 3 heterocycles. The monoisotopic (exact) mass is 599 g/mol. The molecule has 0 spiro atoms. The van der Waals surface area contributed by atoms with E-state index in [1.807, 2.05) is 6.07 Å². The normalized spacial score (nSPS) is 20.6. The van der Waals surface area contributed by atoms with E-state index in [4.69, 9.17) is 15.2 Å². The van der Waals surface area contributed by atoms with Gasteiger partial charge < -0.3 is 30.1 Å². The lowest BCUT2D eigenvalue weighted by Gasteiger charge is -2.23. The van der Waals surface area contributed by atoms with Crippen molar-refractivity contribution in [2.75, 3.05) is 30.9 Å². The van der Waals surface area contributed by atoms with Crippen LogP contribution in [0, 0.1) is 0 Å². The number of pyridine rings is 1. The van der Waals surface area contributed by atoms with Crippen molar-refractivity contribution in [1.82, 2.24) is 15.6 Å². The molecule has 2 aliphatic heterocycles. The number of hydrogen-bond donors (Lipinski definition) is 3. The number of aryl methyl sites for hydroxylation is 1. The van der Waals surface area contributed by atoms with Crippen LogP contribution in [0.1, 0.15) is 40.7 Å². The van der Waals surface area contributed by atoms with E-state index >= 15 is 0 Å². The molecule has 4 N–H and O–H groups in total. The molecule has 0 aliphatic carbocycles. The van der Waals surface area contributed by atoms with Crippen LogP contribution in [-0.4, -0.2) is 66.7 Å². The van der Waals surface area contributed by atoms with Gasteiger partial charge in [-0.25, -0.2) is 9.78 Å².